The normalized spacial score (nSPS) is 15.6. The highest BCUT2D eigenvalue weighted by molar-refractivity contribution is 9.10. The van der Waals surface area contributed by atoms with Gasteiger partial charge in [0, 0.05) is 0 Å². The Kier molecular flexibility index (Phi) is 2.82. The average Bonchev–Trinajstić information content (AvgIpc) is 2.85. The lowest BCUT2D eigenvalue weighted by molar-refractivity contribution is 0.296. The van der Waals surface area contributed by atoms with Gasteiger partial charge in [-0.25, -0.2) is 0 Å². The van der Waals surface area contributed by atoms with E-state index in [1.54, 1.807) is 0 Å². The summed E-state index contributed by atoms with van der Waals surface area (Å²) in [4.78, 5) is 0. The fraction of sp³-hybridized carbons (Fsp3) is 0.500. The van der Waals surface area contributed by atoms with Gasteiger partial charge in [-0.15, -0.1) is 0 Å². The van der Waals surface area contributed by atoms with E-state index in [9.17, 15) is 0 Å². The molecular formula is C12H15BrO. The fourth-order valence-electron chi connectivity index (χ4n) is 1.57. The van der Waals surface area contributed by atoms with Crippen molar-refractivity contribution in [1.29, 1.82) is 0 Å². The van der Waals surface area contributed by atoms with Crippen LogP contribution in [0.4, 0.5) is 0 Å². The summed E-state index contributed by atoms with van der Waals surface area (Å²) in [6.07, 6.45) is 2.67. The Hall–Kier alpha value is -0.500. The molecule has 0 amide bonds. The van der Waals surface area contributed by atoms with Crippen LogP contribution in [0.1, 0.15) is 24.0 Å². The number of rotatable bonds is 3. The fourth-order valence-corrected chi connectivity index (χ4v) is 2.36. The van der Waals surface area contributed by atoms with Gasteiger partial charge in [-0.05, 0) is 65.7 Å². The molecule has 0 aliphatic heterocycles. The van der Waals surface area contributed by atoms with Gasteiger partial charge in [-0.2, -0.15) is 0 Å². The summed E-state index contributed by atoms with van der Waals surface area (Å²) in [5.74, 6) is 1.82. The highest BCUT2D eigenvalue weighted by Gasteiger charge is 2.22. The molecule has 1 aliphatic rings. The Morgan fingerprint density at radius 1 is 1.36 bits per heavy atom. The summed E-state index contributed by atoms with van der Waals surface area (Å²) in [5.41, 5.74) is 2.49. The number of benzene rings is 1. The lowest BCUT2D eigenvalue weighted by atomic mass is 10.1. The van der Waals surface area contributed by atoms with Crippen LogP contribution in [0.3, 0.4) is 0 Å². The maximum atomic E-state index is 5.80. The van der Waals surface area contributed by atoms with Crippen LogP contribution in [0.5, 0.6) is 5.75 Å². The molecule has 0 unspecified atom stereocenters. The molecule has 0 atom stereocenters. The van der Waals surface area contributed by atoms with Gasteiger partial charge >= 0.3 is 0 Å². The summed E-state index contributed by atoms with van der Waals surface area (Å²) in [6.45, 7) is 5.07. The largest absolute Gasteiger partial charge is 0.492 e. The predicted octanol–water partition coefficient (Wildman–Crippen LogP) is 3.85. The number of aryl methyl sites for hydroxylation is 2. The van der Waals surface area contributed by atoms with Gasteiger partial charge in [0.2, 0.25) is 0 Å². The van der Waals surface area contributed by atoms with E-state index in [-0.39, 0.29) is 0 Å². The maximum absolute atomic E-state index is 5.80. The lowest BCUT2D eigenvalue weighted by Crippen LogP contribution is -2.01. The molecule has 1 nitrogen and oxygen atoms in total. The van der Waals surface area contributed by atoms with E-state index in [4.69, 9.17) is 4.74 Å². The van der Waals surface area contributed by atoms with Crippen LogP contribution >= 0.6 is 15.9 Å². The molecule has 1 aliphatic carbocycles. The maximum Gasteiger partial charge on any atom is 0.136 e. The molecular weight excluding hydrogens is 240 g/mol. The predicted molar refractivity (Wildman–Crippen MR) is 61.8 cm³/mol. The second-order valence-electron chi connectivity index (χ2n) is 4.15. The van der Waals surface area contributed by atoms with Gasteiger partial charge in [0.1, 0.15) is 5.75 Å². The molecule has 0 saturated heterocycles. The summed E-state index contributed by atoms with van der Waals surface area (Å²) in [6, 6.07) is 4.27. The Morgan fingerprint density at radius 3 is 2.64 bits per heavy atom. The zero-order valence-corrected chi connectivity index (χ0v) is 10.2. The number of halogens is 1. The van der Waals surface area contributed by atoms with E-state index < -0.39 is 0 Å². The van der Waals surface area contributed by atoms with Gasteiger partial charge < -0.3 is 4.74 Å². The monoisotopic (exact) mass is 254 g/mol. The van der Waals surface area contributed by atoms with Crippen LogP contribution in [0.2, 0.25) is 0 Å². The third-order valence-electron chi connectivity index (χ3n) is 2.53. The molecule has 0 bridgehead atoms. The quantitative estimate of drug-likeness (QED) is 0.797. The van der Waals surface area contributed by atoms with Crippen molar-refractivity contribution < 1.29 is 4.74 Å². The van der Waals surface area contributed by atoms with E-state index in [1.807, 2.05) is 0 Å². The van der Waals surface area contributed by atoms with E-state index in [0.29, 0.717) is 0 Å². The summed E-state index contributed by atoms with van der Waals surface area (Å²) in [5, 5.41) is 0. The Bertz CT molecular complexity index is 319. The van der Waals surface area contributed by atoms with Crippen molar-refractivity contribution in [3.05, 3.63) is 27.7 Å². The third-order valence-corrected chi connectivity index (χ3v) is 3.12. The van der Waals surface area contributed by atoms with Gasteiger partial charge in [0.25, 0.3) is 0 Å². The highest BCUT2D eigenvalue weighted by Crippen LogP contribution is 2.34. The molecule has 14 heavy (non-hydrogen) atoms. The van der Waals surface area contributed by atoms with E-state index >= 15 is 0 Å². The molecule has 2 heteroatoms. The van der Waals surface area contributed by atoms with Crippen LogP contribution in [-0.2, 0) is 0 Å². The van der Waals surface area contributed by atoms with Crippen LogP contribution in [0.15, 0.2) is 16.6 Å². The number of ether oxygens (including phenoxy) is 1. The molecule has 1 aromatic carbocycles. The molecule has 1 aromatic rings. The number of hydrogen-bond acceptors (Lipinski definition) is 1. The van der Waals surface area contributed by atoms with Gasteiger partial charge in [-0.3, -0.25) is 0 Å². The van der Waals surface area contributed by atoms with Crippen molar-refractivity contribution in [1.82, 2.24) is 0 Å². The first-order chi connectivity index (χ1) is 6.66. The minimum Gasteiger partial charge on any atom is -0.492 e. The molecule has 0 heterocycles. The summed E-state index contributed by atoms with van der Waals surface area (Å²) >= 11 is 3.54. The Morgan fingerprint density at radius 2 is 2.07 bits per heavy atom. The zero-order valence-electron chi connectivity index (χ0n) is 8.64. The van der Waals surface area contributed by atoms with Gasteiger partial charge in [0.05, 0.1) is 11.1 Å². The Balaban J connectivity index is 2.13. The molecule has 0 aromatic heterocycles. The van der Waals surface area contributed by atoms with Crippen LogP contribution in [-0.4, -0.2) is 6.61 Å². The summed E-state index contributed by atoms with van der Waals surface area (Å²) in [7, 11) is 0. The van der Waals surface area contributed by atoms with Crippen LogP contribution in [0.25, 0.3) is 0 Å². The molecule has 76 valence electrons. The SMILES string of the molecule is Cc1cc(C)c(OCC2CC2)c(Br)c1. The first-order valence-corrected chi connectivity index (χ1v) is 5.85. The zero-order chi connectivity index (χ0) is 10.1. The molecule has 0 spiro atoms. The molecule has 1 fully saturated rings. The van der Waals surface area contributed by atoms with Crippen molar-refractivity contribution in [3.63, 3.8) is 0 Å². The Labute approximate surface area is 93.6 Å². The summed E-state index contributed by atoms with van der Waals surface area (Å²) < 4.78 is 6.88. The minimum absolute atomic E-state index is 0.808. The van der Waals surface area contributed by atoms with Crippen LogP contribution in [0, 0.1) is 19.8 Å². The first kappa shape index (κ1) is 10.0. The minimum atomic E-state index is 0.808. The van der Waals surface area contributed by atoms with Crippen molar-refractivity contribution >= 4 is 15.9 Å². The van der Waals surface area contributed by atoms with Crippen molar-refractivity contribution in [2.24, 2.45) is 5.92 Å². The standard InChI is InChI=1S/C12H15BrO/c1-8-5-9(2)12(11(13)6-8)14-7-10-3-4-10/h5-6,10H,3-4,7H2,1-2H3. The topological polar surface area (TPSA) is 9.23 Å². The van der Waals surface area contributed by atoms with Crippen molar-refractivity contribution in [3.8, 4) is 5.75 Å². The lowest BCUT2D eigenvalue weighted by Gasteiger charge is -2.11. The van der Waals surface area contributed by atoms with Crippen molar-refractivity contribution in [2.75, 3.05) is 6.61 Å². The van der Waals surface area contributed by atoms with Gasteiger partial charge in [-0.1, -0.05) is 6.07 Å². The second kappa shape index (κ2) is 3.93. The van der Waals surface area contributed by atoms with Crippen LogP contribution < -0.4 is 4.74 Å². The van der Waals surface area contributed by atoms with Gasteiger partial charge in [0.15, 0.2) is 0 Å². The van der Waals surface area contributed by atoms with E-state index in [2.05, 4.69) is 41.9 Å². The average molecular weight is 255 g/mol. The molecule has 0 radical (unpaired) electrons. The second-order valence-corrected chi connectivity index (χ2v) is 5.00. The first-order valence-electron chi connectivity index (χ1n) is 5.06. The van der Waals surface area contributed by atoms with E-state index in [1.165, 1.54) is 24.0 Å². The smallest absolute Gasteiger partial charge is 0.136 e. The van der Waals surface area contributed by atoms with Crippen molar-refractivity contribution in [2.45, 2.75) is 26.7 Å². The molecule has 1 saturated carbocycles. The molecule has 2 rings (SSSR count). The highest BCUT2D eigenvalue weighted by atomic mass is 79.9. The number of hydrogen-bond donors (Lipinski definition) is 0. The molecule has 0 N–H and O–H groups in total. The third kappa shape index (κ3) is 2.30. The van der Waals surface area contributed by atoms with E-state index in [0.717, 1.165) is 22.7 Å².